The molecule has 0 amide bonds. The molecule has 0 unspecified atom stereocenters. The lowest BCUT2D eigenvalue weighted by Gasteiger charge is -2.28. The Bertz CT molecular complexity index is 713. The molecule has 0 aliphatic carbocycles. The summed E-state index contributed by atoms with van der Waals surface area (Å²) in [7, 11) is -11.0. The Morgan fingerprint density at radius 3 is 2.04 bits per heavy atom. The molecule has 2 aromatic heterocycles. The van der Waals surface area contributed by atoms with Gasteiger partial charge in [-0.3, -0.25) is 9.13 Å². The van der Waals surface area contributed by atoms with Gasteiger partial charge in [-0.1, -0.05) is 6.07 Å². The molecule has 0 atom stereocenters. The fraction of sp³-hybridized carbons (Fsp3) is 0.222. The zero-order valence-corrected chi connectivity index (χ0v) is 13.2. The Morgan fingerprint density at radius 2 is 1.57 bits per heavy atom. The second-order valence-corrected chi connectivity index (χ2v) is 8.23. The van der Waals surface area contributed by atoms with E-state index in [9.17, 15) is 14.2 Å². The summed E-state index contributed by atoms with van der Waals surface area (Å²) in [5, 5.41) is 6.37. The van der Waals surface area contributed by atoms with Gasteiger partial charge in [0.05, 0.1) is 0 Å². The Balaban J connectivity index is 0. The highest BCUT2D eigenvalue weighted by molar-refractivity contribution is 7.72. The maximum atomic E-state index is 11.3. The fourth-order valence-corrected chi connectivity index (χ4v) is 3.83. The topological polar surface area (TPSA) is 247 Å². The molecule has 14 heteroatoms. The minimum atomic E-state index is -5.48. The molecule has 0 fully saturated rings. The first kappa shape index (κ1) is 24.1. The van der Waals surface area contributed by atoms with Crippen LogP contribution in [0.15, 0.2) is 30.6 Å². The number of fused-ring (bicyclic) bond motifs is 1. The van der Waals surface area contributed by atoms with Crippen molar-refractivity contribution in [2.24, 2.45) is 0 Å². The van der Waals surface area contributed by atoms with Gasteiger partial charge in [0.25, 0.3) is 5.08 Å². The molecule has 0 bridgehead atoms. The predicted octanol–water partition coefficient (Wildman–Crippen LogP) is -2.60. The van der Waals surface area contributed by atoms with Crippen LogP contribution >= 0.6 is 15.2 Å². The van der Waals surface area contributed by atoms with E-state index in [-0.39, 0.29) is 22.1 Å². The molecular formula is C9H18N2O10P2. The first-order valence-electron chi connectivity index (χ1n) is 5.31. The van der Waals surface area contributed by atoms with Gasteiger partial charge in [0.2, 0.25) is 0 Å². The van der Waals surface area contributed by atoms with Crippen LogP contribution in [0.3, 0.4) is 0 Å². The molecule has 0 aliphatic rings. The largest absolute Gasteiger partial charge is 0.412 e. The van der Waals surface area contributed by atoms with E-state index < -0.39 is 26.7 Å². The summed E-state index contributed by atoms with van der Waals surface area (Å²) >= 11 is 0. The first-order chi connectivity index (χ1) is 9.06. The SMILES string of the molecule is O.O.O.O=P(O)(O)C(O)(Cc1cnc2ccccn12)P(=O)(O)O. The van der Waals surface area contributed by atoms with Crippen molar-refractivity contribution in [3.05, 3.63) is 36.3 Å². The summed E-state index contributed by atoms with van der Waals surface area (Å²) in [5.41, 5.74) is 0.482. The minimum Gasteiger partial charge on any atom is -0.412 e. The molecule has 12 nitrogen and oxygen atoms in total. The van der Waals surface area contributed by atoms with Crippen molar-refractivity contribution in [2.45, 2.75) is 11.5 Å². The van der Waals surface area contributed by atoms with Gasteiger partial charge >= 0.3 is 15.2 Å². The van der Waals surface area contributed by atoms with E-state index in [0.29, 0.717) is 5.65 Å². The molecular weight excluding hydrogens is 358 g/mol. The molecule has 2 rings (SSSR count). The molecule has 0 saturated carbocycles. The Hall–Kier alpha value is -1.17. The van der Waals surface area contributed by atoms with Crippen molar-refractivity contribution >= 4 is 20.8 Å². The molecule has 2 aromatic rings. The van der Waals surface area contributed by atoms with Crippen LogP contribution in [0.4, 0.5) is 0 Å². The van der Waals surface area contributed by atoms with Crippen molar-refractivity contribution in [3.63, 3.8) is 0 Å². The van der Waals surface area contributed by atoms with Gasteiger partial charge in [0.15, 0.2) is 0 Å². The molecule has 134 valence electrons. The number of hydrogen-bond donors (Lipinski definition) is 5. The van der Waals surface area contributed by atoms with Gasteiger partial charge < -0.3 is 45.5 Å². The quantitative estimate of drug-likeness (QED) is 0.353. The third-order valence-electron chi connectivity index (χ3n) is 2.84. The van der Waals surface area contributed by atoms with E-state index >= 15 is 0 Å². The highest BCUT2D eigenvalue weighted by atomic mass is 31.2. The standard InChI is InChI=1S/C9H12N2O7P2.3H2O/c12-9(19(13,14)15,20(16,17)18)5-7-6-10-8-3-1-2-4-11(7)8;;;/h1-4,6,12H,5H2,(H2,13,14,15)(H2,16,17,18);3*1H2. The van der Waals surface area contributed by atoms with Gasteiger partial charge in [-0.15, -0.1) is 0 Å². The molecule has 0 aliphatic heterocycles. The molecule has 0 spiro atoms. The second kappa shape index (κ2) is 7.60. The van der Waals surface area contributed by atoms with Crippen LogP contribution in [0.2, 0.25) is 0 Å². The van der Waals surface area contributed by atoms with Crippen LogP contribution in [0, 0.1) is 0 Å². The van der Waals surface area contributed by atoms with Crippen LogP contribution < -0.4 is 0 Å². The fourth-order valence-electron chi connectivity index (χ4n) is 1.73. The van der Waals surface area contributed by atoms with Crippen LogP contribution in [0.5, 0.6) is 0 Å². The molecule has 23 heavy (non-hydrogen) atoms. The van der Waals surface area contributed by atoms with Gasteiger partial charge in [0, 0.05) is 24.5 Å². The Kier molecular flexibility index (Phi) is 7.96. The summed E-state index contributed by atoms with van der Waals surface area (Å²) in [6.45, 7) is 0. The number of rotatable bonds is 4. The molecule has 0 aromatic carbocycles. The van der Waals surface area contributed by atoms with E-state index in [2.05, 4.69) is 4.98 Å². The van der Waals surface area contributed by atoms with Gasteiger partial charge in [-0.05, 0) is 12.1 Å². The zero-order chi connectivity index (χ0) is 15.2. The lowest BCUT2D eigenvalue weighted by molar-refractivity contribution is 0.130. The van der Waals surface area contributed by atoms with E-state index in [1.807, 2.05) is 0 Å². The molecule has 0 saturated heterocycles. The average molecular weight is 376 g/mol. The number of imidazole rings is 1. The number of pyridine rings is 1. The summed E-state index contributed by atoms with van der Waals surface area (Å²) in [6, 6.07) is 4.87. The lowest BCUT2D eigenvalue weighted by Crippen LogP contribution is -2.31. The van der Waals surface area contributed by atoms with Gasteiger partial charge in [-0.2, -0.15) is 0 Å². The van der Waals surface area contributed by atoms with Gasteiger partial charge in [0.1, 0.15) is 5.65 Å². The maximum Gasteiger partial charge on any atom is 0.369 e. The first-order valence-corrected chi connectivity index (χ1v) is 8.53. The van der Waals surface area contributed by atoms with E-state index in [1.165, 1.54) is 16.8 Å². The summed E-state index contributed by atoms with van der Waals surface area (Å²) in [4.78, 5) is 40.2. The summed E-state index contributed by atoms with van der Waals surface area (Å²) < 4.78 is 23.9. The van der Waals surface area contributed by atoms with Crippen LogP contribution in [0.1, 0.15) is 5.69 Å². The Labute approximate surface area is 129 Å². The third kappa shape index (κ3) is 4.22. The average Bonchev–Trinajstić information content (AvgIpc) is 2.70. The molecule has 11 N–H and O–H groups in total. The van der Waals surface area contributed by atoms with Crippen molar-refractivity contribution in [2.75, 3.05) is 0 Å². The second-order valence-electron chi connectivity index (χ2n) is 4.22. The normalized spacial score (nSPS) is 12.0. The number of aliphatic hydroxyl groups is 1. The van der Waals surface area contributed by atoms with Crippen molar-refractivity contribution < 1.29 is 50.2 Å². The third-order valence-corrected chi connectivity index (χ3v) is 6.59. The minimum absolute atomic E-state index is 0. The zero-order valence-electron chi connectivity index (χ0n) is 11.4. The summed E-state index contributed by atoms with van der Waals surface area (Å²) in [5.74, 6) is 0. The Morgan fingerprint density at radius 1 is 1.04 bits per heavy atom. The van der Waals surface area contributed by atoms with Crippen molar-refractivity contribution in [1.29, 1.82) is 0 Å². The number of aromatic nitrogens is 2. The smallest absolute Gasteiger partial charge is 0.369 e. The number of nitrogens with zero attached hydrogens (tertiary/aromatic N) is 2. The van der Waals surface area contributed by atoms with Crippen LogP contribution in [-0.4, -0.2) is 55.6 Å². The highest BCUT2D eigenvalue weighted by Crippen LogP contribution is 2.68. The van der Waals surface area contributed by atoms with E-state index in [1.54, 1.807) is 18.2 Å². The van der Waals surface area contributed by atoms with Crippen LogP contribution in [-0.2, 0) is 15.6 Å². The van der Waals surface area contributed by atoms with E-state index in [4.69, 9.17) is 19.6 Å². The maximum absolute atomic E-state index is 11.3. The van der Waals surface area contributed by atoms with Crippen molar-refractivity contribution in [3.8, 4) is 0 Å². The van der Waals surface area contributed by atoms with Crippen molar-refractivity contribution in [1.82, 2.24) is 9.38 Å². The summed E-state index contributed by atoms with van der Waals surface area (Å²) in [6.07, 6.45) is 1.75. The number of hydrogen-bond acceptors (Lipinski definition) is 4. The van der Waals surface area contributed by atoms with E-state index in [0.717, 1.165) is 0 Å². The monoisotopic (exact) mass is 376 g/mol. The highest BCUT2D eigenvalue weighted by Gasteiger charge is 2.59. The van der Waals surface area contributed by atoms with Crippen LogP contribution in [0.25, 0.3) is 5.65 Å². The van der Waals surface area contributed by atoms with Gasteiger partial charge in [-0.25, -0.2) is 4.98 Å². The molecule has 2 heterocycles. The lowest BCUT2D eigenvalue weighted by atomic mass is 10.3. The molecule has 0 radical (unpaired) electrons. The predicted molar refractivity (Wildman–Crippen MR) is 78.8 cm³/mol.